The summed E-state index contributed by atoms with van der Waals surface area (Å²) >= 11 is 0. The Morgan fingerprint density at radius 3 is 1.90 bits per heavy atom. The minimum Gasteiger partial charge on any atom is -0.327 e. The first kappa shape index (κ1) is 9.91. The van der Waals surface area contributed by atoms with E-state index in [0.29, 0.717) is 6.42 Å². The highest BCUT2D eigenvalue weighted by Crippen LogP contribution is 2.06. The Labute approximate surface area is 62.5 Å². The third-order valence-corrected chi connectivity index (χ3v) is 3.40. The molecule has 2 N–H and O–H groups in total. The van der Waals surface area contributed by atoms with Gasteiger partial charge in [-0.2, -0.15) is 0 Å². The largest absolute Gasteiger partial charge is 0.327 e. The van der Waals surface area contributed by atoms with Crippen LogP contribution in [0.25, 0.3) is 0 Å². The topological polar surface area (TPSA) is 60.2 Å². The summed E-state index contributed by atoms with van der Waals surface area (Å²) in [4.78, 5) is 0. The first-order chi connectivity index (χ1) is 4.39. The fourth-order valence-electron chi connectivity index (χ4n) is 1.06. The Kier molecular flexibility index (Phi) is 3.31. The van der Waals surface area contributed by atoms with E-state index in [1.807, 2.05) is 6.92 Å². The molecule has 0 saturated carbocycles. The van der Waals surface area contributed by atoms with E-state index in [1.54, 1.807) is 6.92 Å². The summed E-state index contributed by atoms with van der Waals surface area (Å²) in [6.45, 7) is 3.55. The molecule has 0 aromatic carbocycles. The molecule has 0 rings (SSSR count). The molecule has 0 heterocycles. The first-order valence-electron chi connectivity index (χ1n) is 3.34. The Bertz CT molecular complexity index is 184. The summed E-state index contributed by atoms with van der Waals surface area (Å²) in [6.07, 6.45) is 1.82. The van der Waals surface area contributed by atoms with Crippen LogP contribution in [0.5, 0.6) is 0 Å². The molecule has 0 saturated heterocycles. The van der Waals surface area contributed by atoms with Gasteiger partial charge in [-0.25, -0.2) is 8.42 Å². The van der Waals surface area contributed by atoms with Crippen molar-refractivity contribution in [2.75, 3.05) is 6.26 Å². The standard InChI is InChI=1S/C6H15NO2S/c1-4-6(5(2)7)10(3,8)9/h5-6H,4,7H2,1-3H3/t5-,6-/m1/s1. The van der Waals surface area contributed by atoms with Crippen LogP contribution in [0.3, 0.4) is 0 Å². The van der Waals surface area contributed by atoms with Crippen molar-refractivity contribution in [2.45, 2.75) is 31.6 Å². The van der Waals surface area contributed by atoms with Crippen molar-refractivity contribution >= 4 is 9.84 Å². The van der Waals surface area contributed by atoms with Gasteiger partial charge in [0.2, 0.25) is 0 Å². The molecule has 2 atom stereocenters. The Hall–Kier alpha value is -0.0900. The smallest absolute Gasteiger partial charge is 0.151 e. The maximum absolute atomic E-state index is 10.9. The van der Waals surface area contributed by atoms with Crippen molar-refractivity contribution in [2.24, 2.45) is 5.73 Å². The zero-order chi connectivity index (χ0) is 8.36. The van der Waals surface area contributed by atoms with Crippen molar-refractivity contribution in [3.05, 3.63) is 0 Å². The van der Waals surface area contributed by atoms with Crippen LogP contribution in [0, 0.1) is 0 Å². The van der Waals surface area contributed by atoms with Crippen LogP contribution in [0.4, 0.5) is 0 Å². The van der Waals surface area contributed by atoms with Gasteiger partial charge in [0.25, 0.3) is 0 Å². The van der Waals surface area contributed by atoms with Gasteiger partial charge in [-0.15, -0.1) is 0 Å². The second-order valence-electron chi connectivity index (χ2n) is 2.64. The molecule has 0 aliphatic rings. The molecular formula is C6H15NO2S. The van der Waals surface area contributed by atoms with Gasteiger partial charge < -0.3 is 5.73 Å². The molecule has 0 bridgehead atoms. The minimum absolute atomic E-state index is 0.264. The summed E-state index contributed by atoms with van der Waals surface area (Å²) in [5, 5.41) is -0.382. The predicted molar refractivity (Wildman–Crippen MR) is 42.6 cm³/mol. The van der Waals surface area contributed by atoms with Gasteiger partial charge in [-0.05, 0) is 13.3 Å². The van der Waals surface area contributed by atoms with Crippen LogP contribution in [0.15, 0.2) is 0 Å². The first-order valence-corrected chi connectivity index (χ1v) is 5.29. The molecular weight excluding hydrogens is 150 g/mol. The number of rotatable bonds is 3. The second kappa shape index (κ2) is 3.34. The fourth-order valence-corrected chi connectivity index (χ4v) is 2.45. The number of nitrogens with two attached hydrogens (primary N) is 1. The molecule has 4 heteroatoms. The van der Waals surface area contributed by atoms with E-state index in [0.717, 1.165) is 0 Å². The Balaban J connectivity index is 4.38. The van der Waals surface area contributed by atoms with E-state index in [9.17, 15) is 8.42 Å². The molecule has 0 aliphatic carbocycles. The lowest BCUT2D eigenvalue weighted by molar-refractivity contribution is 0.558. The van der Waals surface area contributed by atoms with Crippen LogP contribution in [-0.2, 0) is 9.84 Å². The van der Waals surface area contributed by atoms with Crippen molar-refractivity contribution in [3.63, 3.8) is 0 Å². The minimum atomic E-state index is -2.94. The second-order valence-corrected chi connectivity index (χ2v) is 4.90. The Morgan fingerprint density at radius 2 is 1.90 bits per heavy atom. The highest BCUT2D eigenvalue weighted by Gasteiger charge is 2.21. The summed E-state index contributed by atoms with van der Waals surface area (Å²) < 4.78 is 21.8. The van der Waals surface area contributed by atoms with Gasteiger partial charge in [0, 0.05) is 12.3 Å². The van der Waals surface area contributed by atoms with Crippen LogP contribution in [-0.4, -0.2) is 26.0 Å². The molecule has 0 spiro atoms. The van der Waals surface area contributed by atoms with E-state index in [1.165, 1.54) is 6.26 Å². The van der Waals surface area contributed by atoms with Crippen LogP contribution >= 0.6 is 0 Å². The molecule has 0 unspecified atom stereocenters. The third-order valence-electron chi connectivity index (χ3n) is 1.54. The van der Waals surface area contributed by atoms with Gasteiger partial charge in [0.15, 0.2) is 9.84 Å². The van der Waals surface area contributed by atoms with Crippen LogP contribution in [0.2, 0.25) is 0 Å². The third kappa shape index (κ3) is 2.66. The summed E-state index contributed by atoms with van der Waals surface area (Å²) in [5.74, 6) is 0. The Morgan fingerprint density at radius 1 is 1.50 bits per heavy atom. The summed E-state index contributed by atoms with van der Waals surface area (Å²) in [5.41, 5.74) is 5.45. The van der Waals surface area contributed by atoms with Gasteiger partial charge in [-0.3, -0.25) is 0 Å². The fraction of sp³-hybridized carbons (Fsp3) is 1.00. The zero-order valence-corrected chi connectivity index (χ0v) is 7.48. The van der Waals surface area contributed by atoms with Gasteiger partial charge >= 0.3 is 0 Å². The van der Waals surface area contributed by atoms with Gasteiger partial charge in [-0.1, -0.05) is 6.92 Å². The maximum atomic E-state index is 10.9. The number of sulfone groups is 1. The molecule has 0 aromatic heterocycles. The highest BCUT2D eigenvalue weighted by atomic mass is 32.2. The lowest BCUT2D eigenvalue weighted by atomic mass is 10.2. The number of hydrogen-bond acceptors (Lipinski definition) is 3. The summed E-state index contributed by atoms with van der Waals surface area (Å²) in [7, 11) is -2.94. The summed E-state index contributed by atoms with van der Waals surface area (Å²) in [6, 6.07) is -0.264. The van der Waals surface area contributed by atoms with Crippen molar-refractivity contribution in [1.82, 2.24) is 0 Å². The molecule has 0 radical (unpaired) electrons. The molecule has 0 fully saturated rings. The quantitative estimate of drug-likeness (QED) is 0.648. The molecule has 0 amide bonds. The van der Waals surface area contributed by atoms with Crippen molar-refractivity contribution in [1.29, 1.82) is 0 Å². The predicted octanol–water partition coefficient (Wildman–Crippen LogP) is 0.157. The van der Waals surface area contributed by atoms with Gasteiger partial charge in [0.05, 0.1) is 5.25 Å². The monoisotopic (exact) mass is 165 g/mol. The lowest BCUT2D eigenvalue weighted by Crippen LogP contribution is -2.37. The highest BCUT2D eigenvalue weighted by molar-refractivity contribution is 7.91. The van der Waals surface area contributed by atoms with E-state index in [2.05, 4.69) is 0 Å². The molecule has 0 aromatic rings. The number of hydrogen-bond donors (Lipinski definition) is 1. The van der Waals surface area contributed by atoms with Crippen LogP contribution < -0.4 is 5.73 Å². The SMILES string of the molecule is CC[C@H]([C@@H](C)N)S(C)(=O)=O. The maximum Gasteiger partial charge on any atom is 0.151 e. The van der Waals surface area contributed by atoms with E-state index < -0.39 is 9.84 Å². The normalized spacial score (nSPS) is 18.4. The molecule has 10 heavy (non-hydrogen) atoms. The van der Waals surface area contributed by atoms with Gasteiger partial charge in [0.1, 0.15) is 0 Å². The van der Waals surface area contributed by atoms with E-state index in [-0.39, 0.29) is 11.3 Å². The average Bonchev–Trinajstić information content (AvgIpc) is 1.60. The zero-order valence-electron chi connectivity index (χ0n) is 6.66. The molecule has 3 nitrogen and oxygen atoms in total. The van der Waals surface area contributed by atoms with Crippen molar-refractivity contribution < 1.29 is 8.42 Å². The van der Waals surface area contributed by atoms with E-state index >= 15 is 0 Å². The average molecular weight is 165 g/mol. The molecule has 0 aliphatic heterocycles. The van der Waals surface area contributed by atoms with Crippen molar-refractivity contribution in [3.8, 4) is 0 Å². The molecule has 62 valence electrons. The van der Waals surface area contributed by atoms with Crippen LogP contribution in [0.1, 0.15) is 20.3 Å². The lowest BCUT2D eigenvalue weighted by Gasteiger charge is -2.15. The van der Waals surface area contributed by atoms with E-state index in [4.69, 9.17) is 5.73 Å².